The predicted molar refractivity (Wildman–Crippen MR) is 99.2 cm³/mol. The molecule has 2 heterocycles. The van der Waals surface area contributed by atoms with Crippen LogP contribution in [-0.2, 0) is 17.8 Å². The molecule has 2 aromatic rings. The maximum absolute atomic E-state index is 12.2. The summed E-state index contributed by atoms with van der Waals surface area (Å²) < 4.78 is 2.26. The van der Waals surface area contributed by atoms with Crippen LogP contribution in [0.15, 0.2) is 30.5 Å². The maximum atomic E-state index is 12.2. The molecule has 132 valence electrons. The van der Waals surface area contributed by atoms with Crippen molar-refractivity contribution in [1.82, 2.24) is 9.55 Å². The molecule has 1 aromatic heterocycles. The Labute approximate surface area is 148 Å². The number of aromatic nitrogens is 2. The van der Waals surface area contributed by atoms with Gasteiger partial charge in [-0.2, -0.15) is 0 Å². The number of nitrogens with two attached hydrogens (primary N) is 1. The van der Waals surface area contributed by atoms with Crippen LogP contribution in [0.4, 0.5) is 5.69 Å². The molecular formula is C20H26N4O. The van der Waals surface area contributed by atoms with Gasteiger partial charge in [0.2, 0.25) is 5.91 Å². The standard InChI is InChI=1S/C20H26N4O/c21-17-5-3-4-15(17)12-20(25)22-16-9-7-14(8-10-16)18-13-24-11-2-1-6-19(24)23-18/h7-10,13,15,17H,1-6,11-12,21H2,(H,22,25)/t15-,17+/m0/s1. The Balaban J connectivity index is 1.40. The molecule has 1 saturated carbocycles. The average molecular weight is 338 g/mol. The Bertz CT molecular complexity index is 726. The first-order valence-corrected chi connectivity index (χ1v) is 9.41. The van der Waals surface area contributed by atoms with Crippen molar-refractivity contribution in [1.29, 1.82) is 0 Å². The van der Waals surface area contributed by atoms with Gasteiger partial charge in [0.15, 0.2) is 0 Å². The fourth-order valence-electron chi connectivity index (χ4n) is 4.05. The zero-order chi connectivity index (χ0) is 17.2. The Kier molecular flexibility index (Phi) is 4.57. The third kappa shape index (κ3) is 3.61. The number of hydrogen-bond acceptors (Lipinski definition) is 3. The van der Waals surface area contributed by atoms with E-state index in [1.807, 2.05) is 24.3 Å². The molecule has 1 aliphatic carbocycles. The number of fused-ring (bicyclic) bond motifs is 1. The molecule has 2 aliphatic rings. The lowest BCUT2D eigenvalue weighted by molar-refractivity contribution is -0.117. The third-order valence-corrected chi connectivity index (χ3v) is 5.54. The van der Waals surface area contributed by atoms with Crippen LogP contribution in [0.1, 0.15) is 44.3 Å². The number of carbonyl (C=O) groups is 1. The second-order valence-electron chi connectivity index (χ2n) is 7.38. The van der Waals surface area contributed by atoms with E-state index in [4.69, 9.17) is 10.7 Å². The van der Waals surface area contributed by atoms with Crippen molar-refractivity contribution in [2.24, 2.45) is 11.7 Å². The Hall–Kier alpha value is -2.14. The number of hydrogen-bond donors (Lipinski definition) is 2. The van der Waals surface area contributed by atoms with Crippen molar-refractivity contribution in [2.45, 2.75) is 57.5 Å². The molecule has 0 radical (unpaired) electrons. The van der Waals surface area contributed by atoms with E-state index in [0.717, 1.165) is 49.2 Å². The first-order chi connectivity index (χ1) is 12.2. The quantitative estimate of drug-likeness (QED) is 0.898. The summed E-state index contributed by atoms with van der Waals surface area (Å²) >= 11 is 0. The molecule has 1 fully saturated rings. The average Bonchev–Trinajstić information content (AvgIpc) is 3.22. The minimum absolute atomic E-state index is 0.0626. The highest BCUT2D eigenvalue weighted by atomic mass is 16.1. The second-order valence-corrected chi connectivity index (χ2v) is 7.38. The number of benzene rings is 1. The maximum Gasteiger partial charge on any atom is 0.224 e. The molecule has 1 aromatic carbocycles. The predicted octanol–water partition coefficient (Wildman–Crippen LogP) is 3.34. The van der Waals surface area contributed by atoms with Crippen molar-refractivity contribution in [3.05, 3.63) is 36.3 Å². The van der Waals surface area contributed by atoms with Crippen molar-refractivity contribution < 1.29 is 4.79 Å². The Morgan fingerprint density at radius 1 is 1.20 bits per heavy atom. The SMILES string of the molecule is N[C@@H]1CCC[C@H]1CC(=O)Nc1ccc(-c2cn3c(n2)CCCC3)cc1. The first kappa shape index (κ1) is 16.3. The van der Waals surface area contributed by atoms with Crippen molar-refractivity contribution >= 4 is 11.6 Å². The Morgan fingerprint density at radius 3 is 2.76 bits per heavy atom. The van der Waals surface area contributed by atoms with E-state index in [1.165, 1.54) is 18.7 Å². The van der Waals surface area contributed by atoms with Gasteiger partial charge >= 0.3 is 0 Å². The van der Waals surface area contributed by atoms with Gasteiger partial charge in [-0.1, -0.05) is 18.6 Å². The van der Waals surface area contributed by atoms with Crippen molar-refractivity contribution in [3.63, 3.8) is 0 Å². The summed E-state index contributed by atoms with van der Waals surface area (Å²) in [6.07, 6.45) is 9.45. The van der Waals surface area contributed by atoms with E-state index in [-0.39, 0.29) is 11.9 Å². The highest BCUT2D eigenvalue weighted by Gasteiger charge is 2.26. The van der Waals surface area contributed by atoms with Crippen LogP contribution >= 0.6 is 0 Å². The molecule has 2 atom stereocenters. The third-order valence-electron chi connectivity index (χ3n) is 5.54. The van der Waals surface area contributed by atoms with E-state index in [9.17, 15) is 4.79 Å². The smallest absolute Gasteiger partial charge is 0.224 e. The molecule has 0 spiro atoms. The second kappa shape index (κ2) is 7.00. The number of carbonyl (C=O) groups excluding carboxylic acids is 1. The summed E-state index contributed by atoms with van der Waals surface area (Å²) in [4.78, 5) is 17.0. The summed E-state index contributed by atoms with van der Waals surface area (Å²) in [6, 6.07) is 8.16. The van der Waals surface area contributed by atoms with Gasteiger partial charge in [0, 0.05) is 42.9 Å². The summed E-state index contributed by atoms with van der Waals surface area (Å²) in [5.41, 5.74) is 9.01. The van der Waals surface area contributed by atoms with Crippen LogP contribution < -0.4 is 11.1 Å². The van der Waals surface area contributed by atoms with Gasteiger partial charge in [-0.05, 0) is 43.7 Å². The molecule has 5 heteroatoms. The van der Waals surface area contributed by atoms with Gasteiger partial charge in [0.05, 0.1) is 5.69 Å². The van der Waals surface area contributed by atoms with Gasteiger partial charge in [-0.25, -0.2) is 4.98 Å². The molecule has 1 aliphatic heterocycles. The number of anilines is 1. The molecule has 3 N–H and O–H groups in total. The Morgan fingerprint density at radius 2 is 2.04 bits per heavy atom. The number of imidazole rings is 1. The lowest BCUT2D eigenvalue weighted by atomic mass is 10.00. The molecule has 4 rings (SSSR count). The molecular weight excluding hydrogens is 312 g/mol. The lowest BCUT2D eigenvalue weighted by Gasteiger charge is -2.14. The fraction of sp³-hybridized carbons (Fsp3) is 0.500. The van der Waals surface area contributed by atoms with Crippen LogP contribution in [0.5, 0.6) is 0 Å². The van der Waals surface area contributed by atoms with Gasteiger partial charge in [0.25, 0.3) is 0 Å². The zero-order valence-corrected chi connectivity index (χ0v) is 14.6. The summed E-state index contributed by atoms with van der Waals surface area (Å²) in [7, 11) is 0. The monoisotopic (exact) mass is 338 g/mol. The summed E-state index contributed by atoms with van der Waals surface area (Å²) in [5.74, 6) is 1.58. The summed E-state index contributed by atoms with van der Waals surface area (Å²) in [6.45, 7) is 1.07. The van der Waals surface area contributed by atoms with E-state index in [0.29, 0.717) is 12.3 Å². The van der Waals surface area contributed by atoms with Gasteiger partial charge in [-0.15, -0.1) is 0 Å². The van der Waals surface area contributed by atoms with Crippen molar-refractivity contribution in [2.75, 3.05) is 5.32 Å². The van der Waals surface area contributed by atoms with Crippen LogP contribution in [-0.4, -0.2) is 21.5 Å². The largest absolute Gasteiger partial charge is 0.334 e. The van der Waals surface area contributed by atoms with Crippen LogP contribution in [0.3, 0.4) is 0 Å². The molecule has 0 saturated heterocycles. The highest BCUT2D eigenvalue weighted by Crippen LogP contribution is 2.28. The molecule has 25 heavy (non-hydrogen) atoms. The van der Waals surface area contributed by atoms with Gasteiger partial charge in [-0.3, -0.25) is 4.79 Å². The van der Waals surface area contributed by atoms with Crippen LogP contribution in [0, 0.1) is 5.92 Å². The fourth-order valence-corrected chi connectivity index (χ4v) is 4.05. The normalized spacial score (nSPS) is 22.6. The van der Waals surface area contributed by atoms with Crippen molar-refractivity contribution in [3.8, 4) is 11.3 Å². The van der Waals surface area contributed by atoms with E-state index in [1.54, 1.807) is 0 Å². The van der Waals surface area contributed by atoms with Gasteiger partial charge < -0.3 is 15.6 Å². The summed E-state index contributed by atoms with van der Waals surface area (Å²) in [5, 5.41) is 3.00. The molecule has 5 nitrogen and oxygen atoms in total. The lowest BCUT2D eigenvalue weighted by Crippen LogP contribution is -2.28. The zero-order valence-electron chi connectivity index (χ0n) is 14.6. The molecule has 0 bridgehead atoms. The van der Waals surface area contributed by atoms with Gasteiger partial charge in [0.1, 0.15) is 5.82 Å². The first-order valence-electron chi connectivity index (χ1n) is 9.41. The number of amides is 1. The molecule has 0 unspecified atom stereocenters. The van der Waals surface area contributed by atoms with E-state index < -0.39 is 0 Å². The number of nitrogens with zero attached hydrogens (tertiary/aromatic N) is 2. The molecule has 1 amide bonds. The number of nitrogens with one attached hydrogen (secondary N) is 1. The minimum atomic E-state index is 0.0626. The van der Waals surface area contributed by atoms with Crippen LogP contribution in [0.25, 0.3) is 11.3 Å². The number of rotatable bonds is 4. The topological polar surface area (TPSA) is 72.9 Å². The highest BCUT2D eigenvalue weighted by molar-refractivity contribution is 5.91. The van der Waals surface area contributed by atoms with Crippen LogP contribution in [0.2, 0.25) is 0 Å². The van der Waals surface area contributed by atoms with E-state index >= 15 is 0 Å². The van der Waals surface area contributed by atoms with E-state index in [2.05, 4.69) is 16.1 Å². The minimum Gasteiger partial charge on any atom is -0.334 e. The number of aryl methyl sites for hydroxylation is 2.